The molecule has 0 aliphatic heterocycles. The largest absolute Gasteiger partial charge is 0.497 e. The first kappa shape index (κ1) is 27.5. The second-order valence-corrected chi connectivity index (χ2v) is 11.3. The van der Waals surface area contributed by atoms with E-state index in [1.165, 1.54) is 18.4 Å². The van der Waals surface area contributed by atoms with Gasteiger partial charge in [-0.3, -0.25) is 13.9 Å². The van der Waals surface area contributed by atoms with E-state index in [1.807, 2.05) is 31.2 Å². The van der Waals surface area contributed by atoms with Crippen molar-refractivity contribution in [1.82, 2.24) is 10.2 Å². The Balaban J connectivity index is 1.89. The van der Waals surface area contributed by atoms with Gasteiger partial charge in [0.2, 0.25) is 21.8 Å². The van der Waals surface area contributed by atoms with Crippen LogP contribution in [-0.4, -0.2) is 57.1 Å². The van der Waals surface area contributed by atoms with Crippen LogP contribution in [0.15, 0.2) is 48.5 Å². The Hall–Kier alpha value is -3.07. The van der Waals surface area contributed by atoms with Gasteiger partial charge in [-0.1, -0.05) is 49.6 Å². The molecule has 2 aromatic carbocycles. The summed E-state index contributed by atoms with van der Waals surface area (Å²) in [6.45, 7) is 3.41. The molecule has 196 valence electrons. The highest BCUT2D eigenvalue weighted by atomic mass is 32.2. The summed E-state index contributed by atoms with van der Waals surface area (Å²) in [5.74, 6) is -0.209. The monoisotopic (exact) mass is 515 g/mol. The van der Waals surface area contributed by atoms with Crippen LogP contribution >= 0.6 is 0 Å². The van der Waals surface area contributed by atoms with Crippen molar-refractivity contribution in [2.75, 3.05) is 24.2 Å². The lowest BCUT2D eigenvalue weighted by Gasteiger charge is -2.33. The molecule has 0 heterocycles. The molecule has 1 atom stereocenters. The number of nitrogens with zero attached hydrogens (tertiary/aromatic N) is 2. The molecule has 1 unspecified atom stereocenters. The minimum absolute atomic E-state index is 0.105. The molecule has 2 amide bonds. The van der Waals surface area contributed by atoms with Gasteiger partial charge in [0.25, 0.3) is 0 Å². The molecule has 36 heavy (non-hydrogen) atoms. The molecular weight excluding hydrogens is 478 g/mol. The molecule has 3 rings (SSSR count). The number of nitrogens with one attached hydrogen (secondary N) is 1. The molecule has 8 nitrogen and oxygen atoms in total. The van der Waals surface area contributed by atoms with E-state index >= 15 is 0 Å². The van der Waals surface area contributed by atoms with Gasteiger partial charge in [-0.05, 0) is 49.9 Å². The van der Waals surface area contributed by atoms with Crippen molar-refractivity contribution in [1.29, 1.82) is 0 Å². The van der Waals surface area contributed by atoms with Gasteiger partial charge in [-0.25, -0.2) is 8.42 Å². The lowest BCUT2D eigenvalue weighted by Crippen LogP contribution is -2.53. The van der Waals surface area contributed by atoms with E-state index in [-0.39, 0.29) is 18.5 Å². The van der Waals surface area contributed by atoms with E-state index in [4.69, 9.17) is 4.74 Å². The standard InChI is InChI=1S/C27H37N3O5S/c1-20-11-8-9-12-22(20)18-29(21(2)27(32)28-23-13-6-5-7-14-23)26(31)19-30(36(4,33)34)24-15-10-16-25(17-24)35-3/h8-12,15-17,21,23H,5-7,13-14,18-19H2,1-4H3,(H,28,32). The molecule has 0 bridgehead atoms. The van der Waals surface area contributed by atoms with Crippen molar-refractivity contribution < 1.29 is 22.7 Å². The fraction of sp³-hybridized carbons (Fsp3) is 0.481. The number of hydrogen-bond donors (Lipinski definition) is 1. The number of amides is 2. The van der Waals surface area contributed by atoms with E-state index in [0.29, 0.717) is 11.4 Å². The van der Waals surface area contributed by atoms with E-state index in [0.717, 1.165) is 47.4 Å². The number of anilines is 1. The summed E-state index contributed by atoms with van der Waals surface area (Å²) in [7, 11) is -2.30. The number of sulfonamides is 1. The zero-order chi connectivity index (χ0) is 26.3. The van der Waals surface area contributed by atoms with Crippen molar-refractivity contribution in [3.8, 4) is 5.75 Å². The number of carbonyl (C=O) groups is 2. The minimum Gasteiger partial charge on any atom is -0.497 e. The fourth-order valence-corrected chi connectivity index (χ4v) is 5.34. The number of hydrogen-bond acceptors (Lipinski definition) is 5. The van der Waals surface area contributed by atoms with Gasteiger partial charge in [-0.2, -0.15) is 0 Å². The molecular formula is C27H37N3O5S. The number of aryl methyl sites for hydroxylation is 1. The second kappa shape index (κ2) is 12.3. The maximum atomic E-state index is 13.7. The van der Waals surface area contributed by atoms with E-state index in [2.05, 4.69) is 5.32 Å². The smallest absolute Gasteiger partial charge is 0.244 e. The third kappa shape index (κ3) is 7.22. The highest BCUT2D eigenvalue weighted by molar-refractivity contribution is 7.92. The molecule has 0 saturated heterocycles. The number of carbonyl (C=O) groups excluding carboxylic acids is 2. The fourth-order valence-electron chi connectivity index (χ4n) is 4.50. The summed E-state index contributed by atoms with van der Waals surface area (Å²) in [4.78, 5) is 28.4. The lowest BCUT2D eigenvalue weighted by atomic mass is 9.95. The first-order valence-electron chi connectivity index (χ1n) is 12.4. The van der Waals surface area contributed by atoms with E-state index in [9.17, 15) is 18.0 Å². The predicted molar refractivity (Wildman–Crippen MR) is 141 cm³/mol. The van der Waals surface area contributed by atoms with Crippen LogP contribution in [0.5, 0.6) is 5.75 Å². The predicted octanol–water partition coefficient (Wildman–Crippen LogP) is 3.64. The number of rotatable bonds is 10. The Morgan fingerprint density at radius 3 is 2.42 bits per heavy atom. The van der Waals surface area contributed by atoms with Gasteiger partial charge >= 0.3 is 0 Å². The van der Waals surface area contributed by atoms with Crippen LogP contribution in [0, 0.1) is 6.92 Å². The van der Waals surface area contributed by atoms with Crippen LogP contribution in [0.2, 0.25) is 0 Å². The quantitative estimate of drug-likeness (QED) is 0.521. The molecule has 1 N–H and O–H groups in total. The summed E-state index contributed by atoms with van der Waals surface area (Å²) < 4.78 is 31.7. The number of methoxy groups -OCH3 is 1. The van der Waals surface area contributed by atoms with Crippen molar-refractivity contribution in [2.24, 2.45) is 0 Å². The molecule has 2 aromatic rings. The maximum Gasteiger partial charge on any atom is 0.244 e. The molecule has 1 saturated carbocycles. The molecule has 1 aliphatic rings. The van der Waals surface area contributed by atoms with Crippen LogP contribution in [0.1, 0.15) is 50.2 Å². The second-order valence-electron chi connectivity index (χ2n) is 9.44. The summed E-state index contributed by atoms with van der Waals surface area (Å²) in [6, 6.07) is 13.5. The maximum absolute atomic E-state index is 13.7. The van der Waals surface area contributed by atoms with Crippen LogP contribution in [0.3, 0.4) is 0 Å². The molecule has 1 fully saturated rings. The van der Waals surface area contributed by atoms with Crippen LogP contribution in [0.25, 0.3) is 0 Å². The average Bonchev–Trinajstić information content (AvgIpc) is 2.86. The number of ether oxygens (including phenoxy) is 1. The minimum atomic E-state index is -3.79. The molecule has 1 aliphatic carbocycles. The Morgan fingerprint density at radius 1 is 1.08 bits per heavy atom. The summed E-state index contributed by atoms with van der Waals surface area (Å²) in [6.07, 6.45) is 6.25. The summed E-state index contributed by atoms with van der Waals surface area (Å²) in [5, 5.41) is 3.10. The van der Waals surface area contributed by atoms with Gasteiger partial charge < -0.3 is 15.0 Å². The van der Waals surface area contributed by atoms with Gasteiger partial charge in [-0.15, -0.1) is 0 Å². The average molecular weight is 516 g/mol. The van der Waals surface area contributed by atoms with Gasteiger partial charge in [0.05, 0.1) is 19.1 Å². The molecule has 0 spiro atoms. The SMILES string of the molecule is COc1cccc(N(CC(=O)N(Cc2ccccc2C)C(C)C(=O)NC2CCCCC2)S(C)(=O)=O)c1. The van der Waals surface area contributed by atoms with Crippen molar-refractivity contribution >= 4 is 27.5 Å². The van der Waals surface area contributed by atoms with Crippen LogP contribution < -0.4 is 14.4 Å². The highest BCUT2D eigenvalue weighted by Gasteiger charge is 2.31. The van der Waals surface area contributed by atoms with Crippen LogP contribution in [-0.2, 0) is 26.2 Å². The summed E-state index contributed by atoms with van der Waals surface area (Å²) >= 11 is 0. The van der Waals surface area contributed by atoms with E-state index in [1.54, 1.807) is 31.2 Å². The summed E-state index contributed by atoms with van der Waals surface area (Å²) in [5.41, 5.74) is 2.21. The van der Waals surface area contributed by atoms with Gasteiger partial charge in [0, 0.05) is 18.7 Å². The topological polar surface area (TPSA) is 96.0 Å². The van der Waals surface area contributed by atoms with E-state index < -0.39 is 28.5 Å². The Kier molecular flexibility index (Phi) is 9.37. The van der Waals surface area contributed by atoms with Crippen molar-refractivity contribution in [3.63, 3.8) is 0 Å². The first-order valence-corrected chi connectivity index (χ1v) is 14.2. The Bertz CT molecular complexity index is 1160. The normalized spacial score (nSPS) is 15.1. The van der Waals surface area contributed by atoms with Gasteiger partial charge in [0.1, 0.15) is 18.3 Å². The van der Waals surface area contributed by atoms with Crippen molar-refractivity contribution in [2.45, 2.75) is 64.6 Å². The highest BCUT2D eigenvalue weighted by Crippen LogP contribution is 2.24. The third-order valence-corrected chi connectivity index (χ3v) is 7.88. The number of benzene rings is 2. The zero-order valence-corrected chi connectivity index (χ0v) is 22.4. The Morgan fingerprint density at radius 2 is 1.78 bits per heavy atom. The molecule has 0 radical (unpaired) electrons. The molecule has 0 aromatic heterocycles. The Labute approximate surface area is 214 Å². The van der Waals surface area contributed by atoms with Gasteiger partial charge in [0.15, 0.2) is 0 Å². The van der Waals surface area contributed by atoms with Crippen LogP contribution in [0.4, 0.5) is 5.69 Å². The first-order chi connectivity index (χ1) is 17.1. The lowest BCUT2D eigenvalue weighted by molar-refractivity contribution is -0.139. The molecule has 9 heteroatoms. The third-order valence-electron chi connectivity index (χ3n) is 6.74. The zero-order valence-electron chi connectivity index (χ0n) is 21.6. The van der Waals surface area contributed by atoms with Crippen molar-refractivity contribution in [3.05, 3.63) is 59.7 Å².